The van der Waals surface area contributed by atoms with Crippen LogP contribution < -0.4 is 14.8 Å². The van der Waals surface area contributed by atoms with Crippen LogP contribution in [0.15, 0.2) is 18.2 Å². The van der Waals surface area contributed by atoms with Gasteiger partial charge in [0.25, 0.3) is 0 Å². The van der Waals surface area contributed by atoms with Crippen molar-refractivity contribution in [3.05, 3.63) is 23.2 Å². The van der Waals surface area contributed by atoms with E-state index in [1.54, 1.807) is 0 Å². The smallest absolute Gasteiger partial charge is 0.163 e. The van der Waals surface area contributed by atoms with E-state index in [2.05, 4.69) is 5.32 Å². The lowest BCUT2D eigenvalue weighted by molar-refractivity contribution is 0.130. The van der Waals surface area contributed by atoms with Gasteiger partial charge in [-0.15, -0.1) is 0 Å². The van der Waals surface area contributed by atoms with E-state index in [0.29, 0.717) is 17.5 Å². The van der Waals surface area contributed by atoms with Gasteiger partial charge in [-0.2, -0.15) is 0 Å². The second kappa shape index (κ2) is 5.99. The second-order valence-electron chi connectivity index (χ2n) is 5.03. The Morgan fingerprint density at radius 1 is 1.32 bits per heavy atom. The zero-order valence-electron chi connectivity index (χ0n) is 10.7. The fraction of sp³-hybridized carbons (Fsp3) is 0.571. The molecular formula is C14H18ClNO3. The molecule has 0 amide bonds. The molecule has 0 saturated carbocycles. The van der Waals surface area contributed by atoms with E-state index in [-0.39, 0.29) is 6.10 Å². The van der Waals surface area contributed by atoms with Crippen molar-refractivity contribution in [1.29, 1.82) is 0 Å². The molecule has 2 heterocycles. The van der Waals surface area contributed by atoms with Crippen LogP contribution in [0.1, 0.15) is 6.42 Å². The maximum Gasteiger partial charge on any atom is 0.163 e. The first-order valence-electron chi connectivity index (χ1n) is 6.69. The van der Waals surface area contributed by atoms with Gasteiger partial charge in [0.2, 0.25) is 0 Å². The first-order chi connectivity index (χ1) is 9.31. The third-order valence-electron chi connectivity index (χ3n) is 3.44. The summed E-state index contributed by atoms with van der Waals surface area (Å²) >= 11 is 6.02. The van der Waals surface area contributed by atoms with Gasteiger partial charge in [-0.1, -0.05) is 11.6 Å². The molecule has 2 aliphatic heterocycles. The van der Waals surface area contributed by atoms with Crippen molar-refractivity contribution in [2.75, 3.05) is 32.9 Å². The number of rotatable bonds is 5. The molecule has 1 unspecified atom stereocenters. The van der Waals surface area contributed by atoms with E-state index in [0.717, 1.165) is 44.2 Å². The molecule has 0 bridgehead atoms. The number of benzene rings is 1. The summed E-state index contributed by atoms with van der Waals surface area (Å²) in [6.45, 7) is 4.05. The van der Waals surface area contributed by atoms with Gasteiger partial charge < -0.3 is 19.5 Å². The summed E-state index contributed by atoms with van der Waals surface area (Å²) in [5.74, 6) is 1.98. The quantitative estimate of drug-likeness (QED) is 0.898. The van der Waals surface area contributed by atoms with E-state index in [1.165, 1.54) is 0 Å². The minimum Gasteiger partial charge on any atom is -0.489 e. The van der Waals surface area contributed by atoms with E-state index in [4.69, 9.17) is 25.8 Å². The number of hydrogen-bond acceptors (Lipinski definition) is 4. The molecule has 1 aromatic rings. The minimum absolute atomic E-state index is 0.218. The maximum atomic E-state index is 6.02. The van der Waals surface area contributed by atoms with E-state index < -0.39 is 0 Å². The molecule has 2 saturated heterocycles. The van der Waals surface area contributed by atoms with Gasteiger partial charge in [0.1, 0.15) is 6.10 Å². The predicted molar refractivity (Wildman–Crippen MR) is 73.2 cm³/mol. The number of halogens is 1. The molecule has 1 atom stereocenters. The van der Waals surface area contributed by atoms with Crippen LogP contribution in [0.4, 0.5) is 0 Å². The van der Waals surface area contributed by atoms with Crippen molar-refractivity contribution >= 4 is 11.6 Å². The largest absolute Gasteiger partial charge is 0.489 e. The van der Waals surface area contributed by atoms with E-state index in [1.807, 2.05) is 18.2 Å². The van der Waals surface area contributed by atoms with Gasteiger partial charge in [0.15, 0.2) is 11.5 Å². The number of nitrogens with one attached hydrogen (secondary N) is 1. The summed E-state index contributed by atoms with van der Waals surface area (Å²) in [5, 5.41) is 3.84. The van der Waals surface area contributed by atoms with Crippen LogP contribution in [0.25, 0.3) is 0 Å². The first kappa shape index (κ1) is 13.0. The van der Waals surface area contributed by atoms with Crippen molar-refractivity contribution in [3.8, 4) is 11.5 Å². The summed E-state index contributed by atoms with van der Waals surface area (Å²) in [6.07, 6.45) is 1.28. The lowest BCUT2D eigenvalue weighted by Gasteiger charge is -2.28. The van der Waals surface area contributed by atoms with Gasteiger partial charge in [-0.3, -0.25) is 0 Å². The van der Waals surface area contributed by atoms with Crippen LogP contribution in [0.3, 0.4) is 0 Å². The van der Waals surface area contributed by atoms with Crippen molar-refractivity contribution in [2.24, 2.45) is 5.92 Å². The fourth-order valence-electron chi connectivity index (χ4n) is 2.14. The van der Waals surface area contributed by atoms with Crippen LogP contribution in [-0.4, -0.2) is 39.0 Å². The Kier molecular flexibility index (Phi) is 4.11. The van der Waals surface area contributed by atoms with Crippen LogP contribution in [-0.2, 0) is 4.74 Å². The van der Waals surface area contributed by atoms with Crippen molar-refractivity contribution in [1.82, 2.24) is 5.32 Å². The molecule has 0 radical (unpaired) electrons. The Bertz CT molecular complexity index is 431. The summed E-state index contributed by atoms with van der Waals surface area (Å²) in [5.41, 5.74) is 0. The molecule has 0 aliphatic carbocycles. The molecule has 2 fully saturated rings. The topological polar surface area (TPSA) is 39.7 Å². The fourth-order valence-corrected chi connectivity index (χ4v) is 2.30. The molecule has 3 rings (SSSR count). The molecule has 1 aromatic carbocycles. The summed E-state index contributed by atoms with van der Waals surface area (Å²) in [4.78, 5) is 0. The third kappa shape index (κ3) is 3.32. The highest BCUT2D eigenvalue weighted by Gasteiger charge is 2.21. The van der Waals surface area contributed by atoms with Crippen LogP contribution in [0, 0.1) is 5.92 Å². The Morgan fingerprint density at radius 3 is 2.89 bits per heavy atom. The maximum absolute atomic E-state index is 6.02. The normalized spacial score (nSPS) is 23.1. The van der Waals surface area contributed by atoms with Crippen molar-refractivity contribution < 1.29 is 14.2 Å². The van der Waals surface area contributed by atoms with Gasteiger partial charge >= 0.3 is 0 Å². The summed E-state index contributed by atoms with van der Waals surface area (Å²) in [6, 6.07) is 5.52. The average Bonchev–Trinajstić information content (AvgIpc) is 2.86. The summed E-state index contributed by atoms with van der Waals surface area (Å²) in [7, 11) is 0. The zero-order chi connectivity index (χ0) is 13.1. The Labute approximate surface area is 118 Å². The summed E-state index contributed by atoms with van der Waals surface area (Å²) < 4.78 is 17.1. The lowest BCUT2D eigenvalue weighted by atomic mass is 10.1. The molecular weight excluding hydrogens is 266 g/mol. The standard InChI is InChI=1S/C14H18ClNO3/c15-11-1-2-13(18-9-10-3-4-17-8-10)14(5-11)19-12-6-16-7-12/h1-2,5,10,12,16H,3-4,6-9H2. The van der Waals surface area contributed by atoms with Crippen molar-refractivity contribution in [2.45, 2.75) is 12.5 Å². The Morgan fingerprint density at radius 2 is 2.21 bits per heavy atom. The van der Waals surface area contributed by atoms with E-state index in [9.17, 15) is 0 Å². The lowest BCUT2D eigenvalue weighted by Crippen LogP contribution is -2.50. The van der Waals surface area contributed by atoms with Crippen molar-refractivity contribution in [3.63, 3.8) is 0 Å². The molecule has 4 nitrogen and oxygen atoms in total. The van der Waals surface area contributed by atoms with Crippen LogP contribution in [0.5, 0.6) is 11.5 Å². The molecule has 0 aromatic heterocycles. The molecule has 0 spiro atoms. The second-order valence-corrected chi connectivity index (χ2v) is 5.47. The molecule has 19 heavy (non-hydrogen) atoms. The van der Waals surface area contributed by atoms with Gasteiger partial charge in [-0.25, -0.2) is 0 Å². The predicted octanol–water partition coefficient (Wildman–Crippen LogP) is 2.11. The van der Waals surface area contributed by atoms with Crippen LogP contribution in [0.2, 0.25) is 5.02 Å². The average molecular weight is 284 g/mol. The highest BCUT2D eigenvalue weighted by atomic mass is 35.5. The molecule has 5 heteroatoms. The highest BCUT2D eigenvalue weighted by molar-refractivity contribution is 6.30. The van der Waals surface area contributed by atoms with Gasteiger partial charge in [0.05, 0.1) is 13.2 Å². The molecule has 2 aliphatic rings. The molecule has 104 valence electrons. The Hall–Kier alpha value is -0.970. The van der Waals surface area contributed by atoms with Gasteiger partial charge in [-0.05, 0) is 18.6 Å². The first-order valence-corrected chi connectivity index (χ1v) is 7.06. The van der Waals surface area contributed by atoms with E-state index >= 15 is 0 Å². The minimum atomic E-state index is 0.218. The monoisotopic (exact) mass is 283 g/mol. The van der Waals surface area contributed by atoms with Crippen LogP contribution >= 0.6 is 11.6 Å². The third-order valence-corrected chi connectivity index (χ3v) is 3.68. The SMILES string of the molecule is Clc1ccc(OCC2CCOC2)c(OC2CNC2)c1. The highest BCUT2D eigenvalue weighted by Crippen LogP contribution is 2.32. The number of ether oxygens (including phenoxy) is 3. The zero-order valence-corrected chi connectivity index (χ0v) is 11.5. The van der Waals surface area contributed by atoms with Gasteiger partial charge in [0, 0.05) is 36.7 Å². The molecule has 1 N–H and O–H groups in total. The number of hydrogen-bond donors (Lipinski definition) is 1. The Balaban J connectivity index is 1.64.